The maximum atomic E-state index is 13.2. The van der Waals surface area contributed by atoms with Crippen molar-refractivity contribution in [2.24, 2.45) is 5.92 Å². The number of hydrogen-bond acceptors (Lipinski definition) is 4. The Labute approximate surface area is 182 Å². The molecule has 0 spiro atoms. The molecule has 6 heteroatoms. The summed E-state index contributed by atoms with van der Waals surface area (Å²) in [7, 11) is 0. The maximum absolute atomic E-state index is 13.2. The number of hydrogen-bond donors (Lipinski definition) is 0. The summed E-state index contributed by atoms with van der Waals surface area (Å²) >= 11 is 0. The summed E-state index contributed by atoms with van der Waals surface area (Å²) in [5, 5.41) is 2.16. The summed E-state index contributed by atoms with van der Waals surface area (Å²) in [6.07, 6.45) is 3.92. The van der Waals surface area contributed by atoms with E-state index < -0.39 is 0 Å². The van der Waals surface area contributed by atoms with Crippen molar-refractivity contribution in [2.75, 3.05) is 37.6 Å². The molecule has 0 saturated carbocycles. The molecule has 2 aliphatic rings. The van der Waals surface area contributed by atoms with Crippen LogP contribution in [-0.4, -0.2) is 59.3 Å². The van der Waals surface area contributed by atoms with E-state index in [2.05, 4.69) is 9.88 Å². The van der Waals surface area contributed by atoms with Crippen molar-refractivity contribution in [3.63, 3.8) is 0 Å². The third-order valence-electron chi connectivity index (χ3n) is 6.37. The molecule has 3 aromatic rings. The number of benzene rings is 2. The van der Waals surface area contributed by atoms with Crippen LogP contribution in [0.3, 0.4) is 0 Å². The number of piperazine rings is 1. The fourth-order valence-corrected chi connectivity index (χ4v) is 4.68. The summed E-state index contributed by atoms with van der Waals surface area (Å²) < 4.78 is 0. The van der Waals surface area contributed by atoms with E-state index in [1.807, 2.05) is 71.9 Å². The van der Waals surface area contributed by atoms with Crippen LogP contribution in [-0.2, 0) is 16.1 Å². The predicted molar refractivity (Wildman–Crippen MR) is 121 cm³/mol. The highest BCUT2D eigenvalue weighted by Crippen LogP contribution is 2.32. The van der Waals surface area contributed by atoms with E-state index in [9.17, 15) is 9.59 Å². The van der Waals surface area contributed by atoms with Crippen LogP contribution in [0.2, 0.25) is 0 Å². The highest BCUT2D eigenvalue weighted by molar-refractivity contribution is 6.07. The molecule has 0 bridgehead atoms. The minimum atomic E-state index is -0.266. The lowest BCUT2D eigenvalue weighted by molar-refractivity contribution is -0.137. The van der Waals surface area contributed by atoms with Crippen LogP contribution in [0.4, 0.5) is 5.69 Å². The molecular formula is C25H26N4O2. The van der Waals surface area contributed by atoms with E-state index >= 15 is 0 Å². The van der Waals surface area contributed by atoms with Crippen molar-refractivity contribution in [2.45, 2.75) is 13.0 Å². The molecule has 1 atom stereocenters. The predicted octanol–water partition coefficient (Wildman–Crippen LogP) is 2.93. The van der Waals surface area contributed by atoms with Gasteiger partial charge in [0.1, 0.15) is 0 Å². The highest BCUT2D eigenvalue weighted by atomic mass is 16.2. The van der Waals surface area contributed by atoms with Crippen molar-refractivity contribution < 1.29 is 9.59 Å². The molecule has 6 nitrogen and oxygen atoms in total. The second kappa shape index (κ2) is 8.47. The Morgan fingerprint density at radius 2 is 1.68 bits per heavy atom. The van der Waals surface area contributed by atoms with Crippen molar-refractivity contribution in [3.05, 3.63) is 72.6 Å². The van der Waals surface area contributed by atoms with Gasteiger partial charge in [-0.25, -0.2) is 0 Å². The standard InChI is InChI=1S/C25H26N4O2/c30-24-16-21(18-29(24)23-7-3-5-20-4-1-2-6-22(20)23)25(31)28-14-12-27(13-15-28)17-19-8-10-26-11-9-19/h1-11,21H,12-18H2. The van der Waals surface area contributed by atoms with Gasteiger partial charge in [-0.05, 0) is 29.1 Å². The third kappa shape index (κ3) is 4.03. The molecule has 31 heavy (non-hydrogen) atoms. The molecule has 0 N–H and O–H groups in total. The molecule has 2 aliphatic heterocycles. The van der Waals surface area contributed by atoms with Crippen LogP contribution >= 0.6 is 0 Å². The Morgan fingerprint density at radius 1 is 0.935 bits per heavy atom. The van der Waals surface area contributed by atoms with Gasteiger partial charge in [0, 0.05) is 63.5 Å². The number of aromatic nitrogens is 1. The number of carbonyl (C=O) groups excluding carboxylic acids is 2. The number of pyridine rings is 1. The molecule has 2 amide bonds. The molecule has 1 unspecified atom stereocenters. The molecule has 2 aromatic carbocycles. The van der Waals surface area contributed by atoms with E-state index in [1.54, 1.807) is 4.90 Å². The van der Waals surface area contributed by atoms with E-state index in [0.717, 1.165) is 36.1 Å². The van der Waals surface area contributed by atoms with Crippen LogP contribution in [0.15, 0.2) is 67.0 Å². The number of nitrogens with zero attached hydrogens (tertiary/aromatic N) is 4. The van der Waals surface area contributed by atoms with Crippen LogP contribution in [0.25, 0.3) is 10.8 Å². The first-order valence-corrected chi connectivity index (χ1v) is 10.9. The van der Waals surface area contributed by atoms with Crippen molar-refractivity contribution in [3.8, 4) is 0 Å². The largest absolute Gasteiger partial charge is 0.340 e. The van der Waals surface area contributed by atoms with Gasteiger partial charge in [0.25, 0.3) is 0 Å². The lowest BCUT2D eigenvalue weighted by Gasteiger charge is -2.35. The van der Waals surface area contributed by atoms with Crippen LogP contribution in [0, 0.1) is 5.92 Å². The minimum Gasteiger partial charge on any atom is -0.340 e. The Balaban J connectivity index is 1.23. The molecule has 2 fully saturated rings. The van der Waals surface area contributed by atoms with Gasteiger partial charge in [-0.15, -0.1) is 0 Å². The molecule has 3 heterocycles. The normalized spacial score (nSPS) is 19.9. The molecule has 0 aliphatic carbocycles. The minimum absolute atomic E-state index is 0.0334. The number of amides is 2. The summed E-state index contributed by atoms with van der Waals surface area (Å²) in [5.74, 6) is -0.121. The van der Waals surface area contributed by atoms with E-state index in [0.29, 0.717) is 26.1 Å². The van der Waals surface area contributed by atoms with Gasteiger partial charge < -0.3 is 9.80 Å². The topological polar surface area (TPSA) is 56.8 Å². The zero-order chi connectivity index (χ0) is 21.2. The van der Waals surface area contributed by atoms with E-state index in [-0.39, 0.29) is 17.7 Å². The fourth-order valence-electron chi connectivity index (χ4n) is 4.68. The molecule has 5 rings (SSSR count). The second-order valence-electron chi connectivity index (χ2n) is 8.36. The van der Waals surface area contributed by atoms with E-state index in [1.165, 1.54) is 5.56 Å². The Bertz CT molecular complexity index is 1090. The van der Waals surface area contributed by atoms with Gasteiger partial charge >= 0.3 is 0 Å². The number of rotatable bonds is 4. The van der Waals surface area contributed by atoms with Gasteiger partial charge in [0.15, 0.2) is 0 Å². The first-order chi connectivity index (χ1) is 15.2. The van der Waals surface area contributed by atoms with Gasteiger partial charge in [0.2, 0.25) is 11.8 Å². The first-order valence-electron chi connectivity index (χ1n) is 10.9. The summed E-state index contributed by atoms with van der Waals surface area (Å²) in [5.41, 5.74) is 2.14. The zero-order valence-corrected chi connectivity index (χ0v) is 17.5. The SMILES string of the molecule is O=C(C1CC(=O)N(c2cccc3ccccc23)C1)N1CCN(Cc2ccncc2)CC1. The van der Waals surface area contributed by atoms with Crippen LogP contribution in [0.1, 0.15) is 12.0 Å². The van der Waals surface area contributed by atoms with Gasteiger partial charge in [-0.1, -0.05) is 36.4 Å². The first kappa shape index (κ1) is 19.7. The highest BCUT2D eigenvalue weighted by Gasteiger charge is 2.38. The fraction of sp³-hybridized carbons (Fsp3) is 0.320. The third-order valence-corrected chi connectivity index (χ3v) is 6.37. The Kier molecular flexibility index (Phi) is 5.38. The lowest BCUT2D eigenvalue weighted by Crippen LogP contribution is -2.50. The lowest BCUT2D eigenvalue weighted by atomic mass is 10.1. The van der Waals surface area contributed by atoms with Gasteiger partial charge in [-0.3, -0.25) is 19.5 Å². The van der Waals surface area contributed by atoms with Gasteiger partial charge in [0.05, 0.1) is 11.6 Å². The molecule has 1 aromatic heterocycles. The molecule has 158 valence electrons. The van der Waals surface area contributed by atoms with Crippen molar-refractivity contribution >= 4 is 28.3 Å². The number of carbonyl (C=O) groups is 2. The molecule has 2 saturated heterocycles. The average molecular weight is 415 g/mol. The van der Waals surface area contributed by atoms with E-state index in [4.69, 9.17) is 0 Å². The summed E-state index contributed by atoms with van der Waals surface area (Å²) in [6, 6.07) is 18.1. The number of anilines is 1. The van der Waals surface area contributed by atoms with Crippen LogP contribution in [0.5, 0.6) is 0 Å². The molecule has 0 radical (unpaired) electrons. The van der Waals surface area contributed by atoms with Gasteiger partial charge in [-0.2, -0.15) is 0 Å². The average Bonchev–Trinajstić information content (AvgIpc) is 3.21. The maximum Gasteiger partial charge on any atom is 0.228 e. The smallest absolute Gasteiger partial charge is 0.228 e. The number of fused-ring (bicyclic) bond motifs is 1. The Hall–Kier alpha value is -3.25. The van der Waals surface area contributed by atoms with Crippen molar-refractivity contribution in [1.29, 1.82) is 0 Å². The summed E-state index contributed by atoms with van der Waals surface area (Å²) in [6.45, 7) is 4.46. The quantitative estimate of drug-likeness (QED) is 0.659. The van der Waals surface area contributed by atoms with Crippen molar-refractivity contribution in [1.82, 2.24) is 14.8 Å². The second-order valence-corrected chi connectivity index (χ2v) is 8.36. The monoisotopic (exact) mass is 414 g/mol. The zero-order valence-electron chi connectivity index (χ0n) is 17.5. The Morgan fingerprint density at radius 3 is 2.48 bits per heavy atom. The van der Waals surface area contributed by atoms with Crippen LogP contribution < -0.4 is 4.90 Å². The molecular weight excluding hydrogens is 388 g/mol. The summed E-state index contributed by atoms with van der Waals surface area (Å²) in [4.78, 5) is 36.1.